The van der Waals surface area contributed by atoms with Crippen LogP contribution in [0.4, 0.5) is 0 Å². The topological polar surface area (TPSA) is 21.3 Å². The number of benzene rings is 2. The van der Waals surface area contributed by atoms with E-state index in [1.165, 1.54) is 29.2 Å². The summed E-state index contributed by atoms with van der Waals surface area (Å²) in [6.07, 6.45) is 3.87. The van der Waals surface area contributed by atoms with E-state index in [2.05, 4.69) is 62.5 Å². The summed E-state index contributed by atoms with van der Waals surface area (Å²) in [6, 6.07) is 14.0. The Labute approximate surface area is 127 Å². The highest BCUT2D eigenvalue weighted by atomic mass is 16.5. The summed E-state index contributed by atoms with van der Waals surface area (Å²) in [4.78, 5) is 0. The molecule has 2 heteroatoms. The lowest BCUT2D eigenvalue weighted by molar-refractivity contribution is 0.216. The van der Waals surface area contributed by atoms with Gasteiger partial charge in [0.05, 0.1) is 6.10 Å². The van der Waals surface area contributed by atoms with E-state index < -0.39 is 0 Å². The number of nitrogens with one attached hydrogen (secondary N) is 1. The van der Waals surface area contributed by atoms with E-state index in [9.17, 15) is 0 Å². The van der Waals surface area contributed by atoms with Gasteiger partial charge in [0, 0.05) is 23.0 Å². The van der Waals surface area contributed by atoms with Gasteiger partial charge in [0.1, 0.15) is 5.75 Å². The first kappa shape index (κ1) is 14.4. The van der Waals surface area contributed by atoms with Crippen molar-refractivity contribution in [1.82, 2.24) is 5.32 Å². The minimum Gasteiger partial charge on any atom is -0.490 e. The molecule has 0 heterocycles. The first-order valence-electron chi connectivity index (χ1n) is 8.13. The van der Waals surface area contributed by atoms with Gasteiger partial charge in [0.2, 0.25) is 0 Å². The molecular weight excluding hydrogens is 258 g/mol. The lowest BCUT2D eigenvalue weighted by Gasteiger charge is -2.22. The molecule has 0 bridgehead atoms. The maximum Gasteiger partial charge on any atom is 0.132 e. The monoisotopic (exact) mass is 283 g/mol. The summed E-state index contributed by atoms with van der Waals surface area (Å²) in [7, 11) is 0. The van der Waals surface area contributed by atoms with Gasteiger partial charge in [-0.3, -0.25) is 0 Å². The average molecular weight is 283 g/mol. The summed E-state index contributed by atoms with van der Waals surface area (Å²) in [5.74, 6) is 1.06. The van der Waals surface area contributed by atoms with Gasteiger partial charge in [-0.2, -0.15) is 0 Å². The maximum atomic E-state index is 6.29. The molecule has 3 rings (SSSR count). The van der Waals surface area contributed by atoms with Gasteiger partial charge in [0.25, 0.3) is 0 Å². The molecule has 2 aromatic rings. The largest absolute Gasteiger partial charge is 0.490 e. The van der Waals surface area contributed by atoms with Crippen molar-refractivity contribution in [3.8, 4) is 5.75 Å². The molecule has 1 saturated carbocycles. The Hall–Kier alpha value is -1.54. The van der Waals surface area contributed by atoms with Crippen LogP contribution in [0.1, 0.15) is 51.6 Å². The Morgan fingerprint density at radius 1 is 1.14 bits per heavy atom. The van der Waals surface area contributed by atoms with Gasteiger partial charge in [0.15, 0.2) is 0 Å². The van der Waals surface area contributed by atoms with E-state index in [4.69, 9.17) is 4.74 Å². The van der Waals surface area contributed by atoms with Gasteiger partial charge >= 0.3 is 0 Å². The third-order valence-corrected chi connectivity index (χ3v) is 4.33. The van der Waals surface area contributed by atoms with Crippen molar-refractivity contribution in [2.75, 3.05) is 0 Å². The highest BCUT2D eigenvalue weighted by Crippen LogP contribution is 2.36. The van der Waals surface area contributed by atoms with Crippen molar-refractivity contribution in [2.24, 2.45) is 0 Å². The lowest BCUT2D eigenvalue weighted by Crippen LogP contribution is -2.22. The molecule has 0 radical (unpaired) electrons. The van der Waals surface area contributed by atoms with E-state index >= 15 is 0 Å². The van der Waals surface area contributed by atoms with Crippen LogP contribution in [0, 0.1) is 0 Å². The number of hydrogen-bond acceptors (Lipinski definition) is 2. The molecule has 1 aliphatic carbocycles. The zero-order valence-electron chi connectivity index (χ0n) is 13.2. The predicted octanol–water partition coefficient (Wildman–Crippen LogP) is 4.83. The van der Waals surface area contributed by atoms with Crippen LogP contribution in [-0.2, 0) is 0 Å². The van der Waals surface area contributed by atoms with E-state index in [0.717, 1.165) is 12.2 Å². The molecule has 2 aromatic carbocycles. The van der Waals surface area contributed by atoms with Gasteiger partial charge in [-0.05, 0) is 38.5 Å². The van der Waals surface area contributed by atoms with E-state index in [-0.39, 0.29) is 6.10 Å². The molecule has 2 unspecified atom stereocenters. The molecule has 0 saturated heterocycles. The molecular formula is C19H25NO. The maximum absolute atomic E-state index is 6.29. The molecule has 0 spiro atoms. The minimum atomic E-state index is 0.239. The minimum absolute atomic E-state index is 0.239. The van der Waals surface area contributed by atoms with Crippen LogP contribution in [0.5, 0.6) is 5.75 Å². The molecule has 2 atom stereocenters. The highest BCUT2D eigenvalue weighted by Gasteiger charge is 2.25. The summed E-state index contributed by atoms with van der Waals surface area (Å²) < 4.78 is 6.29. The number of rotatable bonds is 6. The van der Waals surface area contributed by atoms with Crippen molar-refractivity contribution in [1.29, 1.82) is 0 Å². The van der Waals surface area contributed by atoms with Crippen LogP contribution in [0.3, 0.4) is 0 Å². The Balaban J connectivity index is 2.01. The third-order valence-electron chi connectivity index (χ3n) is 4.33. The van der Waals surface area contributed by atoms with Gasteiger partial charge < -0.3 is 10.1 Å². The predicted molar refractivity (Wildman–Crippen MR) is 88.9 cm³/mol. The molecule has 21 heavy (non-hydrogen) atoms. The second-order valence-electron chi connectivity index (χ2n) is 6.20. The number of fused-ring (bicyclic) bond motifs is 1. The summed E-state index contributed by atoms with van der Waals surface area (Å²) in [5.41, 5.74) is 1.28. The first-order valence-corrected chi connectivity index (χ1v) is 8.13. The summed E-state index contributed by atoms with van der Waals surface area (Å²) >= 11 is 0. The average Bonchev–Trinajstić information content (AvgIpc) is 3.31. The molecule has 1 fully saturated rings. The van der Waals surface area contributed by atoms with Crippen molar-refractivity contribution in [2.45, 2.75) is 58.2 Å². The van der Waals surface area contributed by atoms with E-state index in [0.29, 0.717) is 12.1 Å². The van der Waals surface area contributed by atoms with Crippen molar-refractivity contribution in [3.63, 3.8) is 0 Å². The van der Waals surface area contributed by atoms with Gasteiger partial charge in [-0.1, -0.05) is 43.3 Å². The van der Waals surface area contributed by atoms with Crippen molar-refractivity contribution < 1.29 is 4.74 Å². The zero-order chi connectivity index (χ0) is 14.8. The number of ether oxygens (including phenoxy) is 1. The standard InChI is InChI=1S/C19H25NO/c1-4-13(2)21-19-17(14(3)20-16-10-11-16)12-9-15-7-5-6-8-18(15)19/h5-9,12-14,16,20H,4,10-11H2,1-3H3. The highest BCUT2D eigenvalue weighted by molar-refractivity contribution is 5.89. The van der Waals surface area contributed by atoms with Crippen LogP contribution in [-0.4, -0.2) is 12.1 Å². The van der Waals surface area contributed by atoms with Crippen LogP contribution >= 0.6 is 0 Å². The van der Waals surface area contributed by atoms with E-state index in [1.54, 1.807) is 0 Å². The Morgan fingerprint density at radius 3 is 2.62 bits per heavy atom. The molecule has 0 aliphatic heterocycles. The van der Waals surface area contributed by atoms with Crippen LogP contribution in [0.2, 0.25) is 0 Å². The molecule has 0 amide bonds. The molecule has 112 valence electrons. The number of hydrogen-bond donors (Lipinski definition) is 1. The van der Waals surface area contributed by atoms with Gasteiger partial charge in [-0.25, -0.2) is 0 Å². The summed E-state index contributed by atoms with van der Waals surface area (Å²) in [5, 5.41) is 6.16. The fourth-order valence-electron chi connectivity index (χ4n) is 2.71. The zero-order valence-corrected chi connectivity index (χ0v) is 13.2. The normalized spacial score (nSPS) is 17.7. The fraction of sp³-hybridized carbons (Fsp3) is 0.474. The quantitative estimate of drug-likeness (QED) is 0.820. The third kappa shape index (κ3) is 3.21. The van der Waals surface area contributed by atoms with Crippen LogP contribution in [0.25, 0.3) is 10.8 Å². The Kier molecular flexibility index (Phi) is 4.16. The Bertz CT molecular complexity index is 618. The SMILES string of the molecule is CCC(C)Oc1c(C(C)NC2CC2)ccc2ccccc12. The fourth-order valence-corrected chi connectivity index (χ4v) is 2.71. The van der Waals surface area contributed by atoms with Crippen LogP contribution < -0.4 is 10.1 Å². The lowest BCUT2D eigenvalue weighted by atomic mass is 10.0. The summed E-state index contributed by atoms with van der Waals surface area (Å²) in [6.45, 7) is 6.55. The molecule has 1 N–H and O–H groups in total. The molecule has 0 aromatic heterocycles. The van der Waals surface area contributed by atoms with Crippen LogP contribution in [0.15, 0.2) is 36.4 Å². The molecule has 2 nitrogen and oxygen atoms in total. The second kappa shape index (κ2) is 6.07. The van der Waals surface area contributed by atoms with Gasteiger partial charge in [-0.15, -0.1) is 0 Å². The Morgan fingerprint density at radius 2 is 1.90 bits per heavy atom. The van der Waals surface area contributed by atoms with Crippen molar-refractivity contribution in [3.05, 3.63) is 42.0 Å². The smallest absolute Gasteiger partial charge is 0.132 e. The van der Waals surface area contributed by atoms with Crippen molar-refractivity contribution >= 4 is 10.8 Å². The first-order chi connectivity index (χ1) is 10.2. The van der Waals surface area contributed by atoms with E-state index in [1.807, 2.05) is 0 Å². The molecule has 1 aliphatic rings. The second-order valence-corrected chi connectivity index (χ2v) is 6.20.